The van der Waals surface area contributed by atoms with Crippen molar-refractivity contribution in [3.8, 4) is 0 Å². The van der Waals surface area contributed by atoms with Gasteiger partial charge in [0.15, 0.2) is 0 Å². The van der Waals surface area contributed by atoms with Gasteiger partial charge in [-0.05, 0) is 69.2 Å². The molecule has 2 bridgehead atoms. The maximum absolute atomic E-state index is 14.2. The van der Waals surface area contributed by atoms with Crippen LogP contribution in [0.4, 0.5) is 4.39 Å². The van der Waals surface area contributed by atoms with Crippen LogP contribution in [-0.4, -0.2) is 87.7 Å². The van der Waals surface area contributed by atoms with Crippen molar-refractivity contribution in [1.82, 2.24) is 21.1 Å². The Morgan fingerprint density at radius 2 is 1.83 bits per heavy atom. The molecule has 2 aliphatic heterocycles. The third-order valence-corrected chi connectivity index (χ3v) is 9.69. The maximum Gasteiger partial charge on any atom is 0.325 e. The van der Waals surface area contributed by atoms with E-state index >= 15 is 0 Å². The number of hydrazine groups is 1. The molecule has 13 heteroatoms. The fourth-order valence-electron chi connectivity index (χ4n) is 6.21. The summed E-state index contributed by atoms with van der Waals surface area (Å²) in [5.74, 6) is -5.70. The molecular formula is C39H55FN4O8. The molecule has 8 atom stereocenters. The number of ether oxygens (including phenoxy) is 1. The van der Waals surface area contributed by atoms with Crippen LogP contribution in [0.5, 0.6) is 0 Å². The normalized spacial score (nSPS) is 30.3. The zero-order valence-corrected chi connectivity index (χ0v) is 31.0. The second kappa shape index (κ2) is 20.1. The number of aliphatic hydroxyl groups is 2. The minimum atomic E-state index is -1.39. The van der Waals surface area contributed by atoms with Gasteiger partial charge >= 0.3 is 5.97 Å². The van der Waals surface area contributed by atoms with Crippen LogP contribution in [-0.2, 0) is 35.1 Å². The van der Waals surface area contributed by atoms with Gasteiger partial charge in [-0.2, -0.15) is 0 Å². The maximum atomic E-state index is 14.2. The predicted molar refractivity (Wildman–Crippen MR) is 193 cm³/mol. The molecule has 0 saturated carbocycles. The second-order valence-corrected chi connectivity index (χ2v) is 14.1. The van der Waals surface area contributed by atoms with Crippen molar-refractivity contribution in [2.75, 3.05) is 6.54 Å². The van der Waals surface area contributed by atoms with Gasteiger partial charge < -0.3 is 30.4 Å². The lowest BCUT2D eigenvalue weighted by molar-refractivity contribution is -0.156. The molecular weight excluding hydrogens is 671 g/mol. The number of aliphatic hydroxyl groups excluding tert-OH is 2. The molecule has 0 aliphatic carbocycles. The molecule has 3 amide bonds. The molecule has 3 rings (SSSR count). The van der Waals surface area contributed by atoms with Gasteiger partial charge in [-0.15, -0.1) is 0 Å². The van der Waals surface area contributed by atoms with Gasteiger partial charge in [-0.1, -0.05) is 63.3 Å². The van der Waals surface area contributed by atoms with Crippen molar-refractivity contribution in [3.63, 3.8) is 0 Å². The molecule has 2 heterocycles. The van der Waals surface area contributed by atoms with Gasteiger partial charge in [-0.25, -0.2) is 9.82 Å². The van der Waals surface area contributed by atoms with Gasteiger partial charge in [0.05, 0.1) is 18.1 Å². The minimum Gasteiger partial charge on any atom is -0.456 e. The number of ketones is 1. The van der Waals surface area contributed by atoms with Crippen LogP contribution in [0, 0.1) is 23.6 Å². The van der Waals surface area contributed by atoms with Crippen LogP contribution in [0.25, 0.3) is 0 Å². The van der Waals surface area contributed by atoms with E-state index in [1.807, 2.05) is 19.9 Å². The Morgan fingerprint density at radius 3 is 2.48 bits per heavy atom. The lowest BCUT2D eigenvalue weighted by Gasteiger charge is -2.36. The zero-order valence-electron chi connectivity index (χ0n) is 31.0. The Hall–Kier alpha value is -4.20. The molecule has 0 spiro atoms. The summed E-state index contributed by atoms with van der Waals surface area (Å²) in [5, 5.41) is 29.1. The van der Waals surface area contributed by atoms with E-state index in [1.165, 1.54) is 36.2 Å². The van der Waals surface area contributed by atoms with Crippen molar-refractivity contribution >= 4 is 29.5 Å². The highest BCUT2D eigenvalue weighted by atomic mass is 19.1. The molecule has 0 aromatic heterocycles. The number of hydrogen-bond donors (Lipinski definition) is 5. The summed E-state index contributed by atoms with van der Waals surface area (Å²) in [5.41, 5.74) is 4.22. The highest BCUT2D eigenvalue weighted by Crippen LogP contribution is 2.24. The number of cyclic esters (lactones) is 1. The summed E-state index contributed by atoms with van der Waals surface area (Å²) in [4.78, 5) is 67.2. The lowest BCUT2D eigenvalue weighted by Crippen LogP contribution is -2.62. The number of fused-ring (bicyclic) bond motifs is 2. The van der Waals surface area contributed by atoms with Gasteiger partial charge in [0.1, 0.15) is 35.8 Å². The van der Waals surface area contributed by atoms with Crippen molar-refractivity contribution < 1.29 is 43.3 Å². The number of amides is 3. The zero-order chi connectivity index (χ0) is 38.5. The number of rotatable bonds is 7. The van der Waals surface area contributed by atoms with Crippen LogP contribution < -0.4 is 16.1 Å². The molecule has 5 N–H and O–H groups in total. The summed E-state index contributed by atoms with van der Waals surface area (Å²) < 4.78 is 20.1. The van der Waals surface area contributed by atoms with Crippen molar-refractivity contribution in [1.29, 1.82) is 0 Å². The van der Waals surface area contributed by atoms with Gasteiger partial charge in [0.2, 0.25) is 11.8 Å². The minimum absolute atomic E-state index is 0.0134. The number of hydrogen-bond acceptors (Lipinski definition) is 9. The van der Waals surface area contributed by atoms with Crippen LogP contribution in [0.3, 0.4) is 0 Å². The number of carbonyl (C=O) groups is 5. The second-order valence-electron chi connectivity index (χ2n) is 14.1. The molecule has 1 aromatic carbocycles. The third kappa shape index (κ3) is 12.2. The van der Waals surface area contributed by atoms with E-state index in [-0.39, 0.29) is 31.6 Å². The highest BCUT2D eigenvalue weighted by Gasteiger charge is 2.38. The molecule has 12 nitrogen and oxygen atoms in total. The van der Waals surface area contributed by atoms with E-state index in [0.717, 1.165) is 5.57 Å². The average Bonchev–Trinajstić information content (AvgIpc) is 3.11. The van der Waals surface area contributed by atoms with E-state index in [4.69, 9.17) is 4.74 Å². The largest absolute Gasteiger partial charge is 0.456 e. The molecule has 1 unspecified atom stereocenters. The summed E-state index contributed by atoms with van der Waals surface area (Å²) in [6.07, 6.45) is 6.26. The summed E-state index contributed by atoms with van der Waals surface area (Å²) >= 11 is 0. The molecule has 286 valence electrons. The number of nitrogens with one attached hydrogen (secondary N) is 3. The first-order valence-corrected chi connectivity index (χ1v) is 18.1. The SMILES string of the molecule is C/C=C(\C)[C@@H]1C/C=C/C=C/[C@H](O)[C@H](C)[C@@H](O)[C@@H](CCC(C)=O)C(=O)N[C@@H](C(C)C)C(=O)N[C@@H](Cc2cccc(F)c2)C(=O)N2CCCC(N2)C(=O)O1. The first-order valence-electron chi connectivity index (χ1n) is 18.1. The molecule has 1 saturated heterocycles. The van der Waals surface area contributed by atoms with Crippen LogP contribution in [0.1, 0.15) is 79.2 Å². The van der Waals surface area contributed by atoms with Crippen molar-refractivity contribution in [3.05, 3.63) is 71.6 Å². The standard InChI is InChI=1S/C39H55FN4O8/c1-7-24(4)33-17-10-8-9-16-32(46)26(6)35(47)29(19-18-25(5)45)36(48)42-34(23(2)3)37(49)41-31(22-27-13-11-14-28(40)21-27)38(50)44-20-12-15-30(43-44)39(51)52-33/h7-11,13-14,16,21,23,26,29-35,43,46-47H,12,15,17-20,22H2,1-6H3,(H,41,49)(H,42,48)/b10-8+,16-9+,24-7+/t26-,29+,30?,31-,32-,33-,34-,35+/m0/s1. The van der Waals surface area contributed by atoms with E-state index < -0.39 is 83.7 Å². The number of nitrogens with zero attached hydrogens (tertiary/aromatic N) is 1. The predicted octanol–water partition coefficient (Wildman–Crippen LogP) is 3.23. The third-order valence-electron chi connectivity index (χ3n) is 9.69. The summed E-state index contributed by atoms with van der Waals surface area (Å²) in [7, 11) is 0. The van der Waals surface area contributed by atoms with Crippen LogP contribution in [0.15, 0.2) is 60.2 Å². The van der Waals surface area contributed by atoms with Gasteiger partial charge in [0.25, 0.3) is 5.91 Å². The molecule has 1 aromatic rings. The number of benzene rings is 1. The molecule has 1 fully saturated rings. The Kier molecular flexibility index (Phi) is 16.4. The Bertz CT molecular complexity index is 1510. The van der Waals surface area contributed by atoms with E-state index in [1.54, 1.807) is 45.1 Å². The van der Waals surface area contributed by atoms with Crippen molar-refractivity contribution in [2.24, 2.45) is 17.8 Å². The number of Topliss-reactive ketones (excluding diaryl/α,β-unsaturated/α-hetero) is 1. The number of carbonyl (C=O) groups excluding carboxylic acids is 5. The smallest absolute Gasteiger partial charge is 0.325 e. The van der Waals surface area contributed by atoms with Gasteiger partial charge in [0, 0.05) is 31.7 Å². The van der Waals surface area contributed by atoms with Crippen LogP contribution >= 0.6 is 0 Å². The average molecular weight is 727 g/mol. The van der Waals surface area contributed by atoms with E-state index in [9.17, 15) is 38.6 Å². The fourth-order valence-corrected chi connectivity index (χ4v) is 6.21. The van der Waals surface area contributed by atoms with Crippen molar-refractivity contribution in [2.45, 2.75) is 117 Å². The monoisotopic (exact) mass is 726 g/mol. The quantitative estimate of drug-likeness (QED) is 0.209. The first kappa shape index (κ1) is 42.2. The Labute approximate surface area is 305 Å². The molecule has 0 radical (unpaired) electrons. The number of allylic oxidation sites excluding steroid dienone is 3. The summed E-state index contributed by atoms with van der Waals surface area (Å²) in [6.45, 7) is 10.3. The van der Waals surface area contributed by atoms with E-state index in [0.29, 0.717) is 24.8 Å². The topological polar surface area (TPSA) is 174 Å². The lowest BCUT2D eigenvalue weighted by atomic mass is 9.84. The first-order chi connectivity index (χ1) is 24.6. The van der Waals surface area contributed by atoms with Gasteiger partial charge in [-0.3, -0.25) is 24.2 Å². The van der Waals surface area contributed by atoms with E-state index in [2.05, 4.69) is 16.1 Å². The Morgan fingerprint density at radius 1 is 1.10 bits per heavy atom. The fraction of sp³-hybridized carbons (Fsp3) is 0.564. The summed E-state index contributed by atoms with van der Waals surface area (Å²) in [6, 6.07) is 2.39. The number of halogens is 1. The van der Waals surface area contributed by atoms with Crippen LogP contribution in [0.2, 0.25) is 0 Å². The Balaban J connectivity index is 2.05. The number of esters is 1. The molecule has 2 aliphatic rings. The molecule has 52 heavy (non-hydrogen) atoms. The highest BCUT2D eigenvalue weighted by molar-refractivity contribution is 5.93.